The molecule has 0 aliphatic carbocycles. The van der Waals surface area contributed by atoms with E-state index in [0.29, 0.717) is 33.0 Å². The number of carbonyl (C=O) groups excluding carboxylic acids is 1. The third kappa shape index (κ3) is 5.25. The van der Waals surface area contributed by atoms with Gasteiger partial charge in [-0.3, -0.25) is 4.79 Å². The molecule has 0 aliphatic heterocycles. The summed E-state index contributed by atoms with van der Waals surface area (Å²) in [4.78, 5) is 12.1. The number of halogens is 1. The Morgan fingerprint density at radius 1 is 1.21 bits per heavy atom. The summed E-state index contributed by atoms with van der Waals surface area (Å²) in [6.45, 7) is 0.253. The van der Waals surface area contributed by atoms with Crippen LogP contribution in [-0.4, -0.2) is 26.4 Å². The van der Waals surface area contributed by atoms with Gasteiger partial charge in [0.2, 0.25) is 5.91 Å². The minimum absolute atomic E-state index is 0.170. The van der Waals surface area contributed by atoms with Crippen molar-refractivity contribution in [1.82, 2.24) is 14.8 Å². The molecule has 0 saturated heterocycles. The molecule has 0 radical (unpaired) electrons. The Labute approximate surface area is 171 Å². The molecule has 0 aliphatic rings. The van der Waals surface area contributed by atoms with Gasteiger partial charge in [0.05, 0.1) is 17.4 Å². The van der Waals surface area contributed by atoms with Gasteiger partial charge in [-0.1, -0.05) is 23.4 Å². The molecule has 0 saturated carbocycles. The van der Waals surface area contributed by atoms with Crippen LogP contribution in [0.25, 0.3) is 0 Å². The number of ether oxygens (including phenoxy) is 1. The molecule has 1 heterocycles. The van der Waals surface area contributed by atoms with E-state index in [-0.39, 0.29) is 18.3 Å². The lowest BCUT2D eigenvalue weighted by atomic mass is 10.2. The predicted molar refractivity (Wildman–Crippen MR) is 107 cm³/mol. The molecule has 3 rings (SSSR count). The number of nitriles is 1. The number of carbonyl (C=O) groups is 1. The van der Waals surface area contributed by atoms with Crippen LogP contribution >= 0.6 is 23.4 Å². The smallest absolute Gasteiger partial charge is 0.234 e. The lowest BCUT2D eigenvalue weighted by Crippen LogP contribution is -2.14. The first-order chi connectivity index (χ1) is 13.5. The number of nitrogens with zero attached hydrogens (tertiary/aromatic N) is 4. The molecule has 2 aromatic carbocycles. The number of benzene rings is 2. The molecule has 0 unspecified atom stereocenters. The van der Waals surface area contributed by atoms with Gasteiger partial charge < -0.3 is 14.6 Å². The van der Waals surface area contributed by atoms with E-state index in [1.54, 1.807) is 53.1 Å². The summed E-state index contributed by atoms with van der Waals surface area (Å²) in [7, 11) is 1.82. The van der Waals surface area contributed by atoms with Crippen molar-refractivity contribution in [2.24, 2.45) is 7.05 Å². The van der Waals surface area contributed by atoms with Crippen LogP contribution in [0.5, 0.6) is 5.75 Å². The van der Waals surface area contributed by atoms with E-state index in [0.717, 1.165) is 0 Å². The van der Waals surface area contributed by atoms with Gasteiger partial charge in [-0.2, -0.15) is 5.26 Å². The fourth-order valence-electron chi connectivity index (χ4n) is 2.23. The number of rotatable bonds is 7. The summed E-state index contributed by atoms with van der Waals surface area (Å²) in [6, 6.07) is 15.8. The van der Waals surface area contributed by atoms with Gasteiger partial charge in [-0.05, 0) is 48.5 Å². The Morgan fingerprint density at radius 3 is 2.61 bits per heavy atom. The first kappa shape index (κ1) is 19.7. The Balaban J connectivity index is 1.51. The normalized spacial score (nSPS) is 10.3. The van der Waals surface area contributed by atoms with Crippen molar-refractivity contribution in [2.45, 2.75) is 11.8 Å². The molecule has 142 valence electrons. The second kappa shape index (κ2) is 9.26. The molecule has 1 amide bonds. The highest BCUT2D eigenvalue weighted by Gasteiger charge is 2.12. The average Bonchev–Trinajstić information content (AvgIpc) is 3.06. The van der Waals surface area contributed by atoms with Crippen molar-refractivity contribution < 1.29 is 9.53 Å². The number of thioether (sulfide) groups is 1. The largest absolute Gasteiger partial charge is 0.486 e. The molecule has 28 heavy (non-hydrogen) atoms. The Kier molecular flexibility index (Phi) is 6.53. The van der Waals surface area contributed by atoms with Crippen LogP contribution in [-0.2, 0) is 18.4 Å². The van der Waals surface area contributed by atoms with Gasteiger partial charge in [0.1, 0.15) is 12.4 Å². The van der Waals surface area contributed by atoms with E-state index >= 15 is 0 Å². The fraction of sp³-hybridized carbons (Fsp3) is 0.158. The summed E-state index contributed by atoms with van der Waals surface area (Å²) in [5.41, 5.74) is 1.18. The van der Waals surface area contributed by atoms with Gasteiger partial charge in [0.25, 0.3) is 0 Å². The van der Waals surface area contributed by atoms with Crippen molar-refractivity contribution in [2.75, 3.05) is 11.1 Å². The van der Waals surface area contributed by atoms with Crippen molar-refractivity contribution in [1.29, 1.82) is 5.26 Å². The van der Waals surface area contributed by atoms with Gasteiger partial charge >= 0.3 is 0 Å². The van der Waals surface area contributed by atoms with E-state index in [2.05, 4.69) is 15.5 Å². The molecule has 0 fully saturated rings. The number of amides is 1. The van der Waals surface area contributed by atoms with Crippen LogP contribution in [0.1, 0.15) is 11.4 Å². The number of hydrogen-bond acceptors (Lipinski definition) is 6. The molecular formula is C19H16ClN5O2S. The summed E-state index contributed by atoms with van der Waals surface area (Å²) in [5.74, 6) is 1.34. The van der Waals surface area contributed by atoms with Crippen molar-refractivity contribution in [3.05, 3.63) is 64.9 Å². The van der Waals surface area contributed by atoms with Crippen LogP contribution in [0.2, 0.25) is 5.02 Å². The highest BCUT2D eigenvalue weighted by molar-refractivity contribution is 7.99. The highest BCUT2D eigenvalue weighted by Crippen LogP contribution is 2.19. The van der Waals surface area contributed by atoms with E-state index < -0.39 is 0 Å². The molecule has 0 atom stereocenters. The number of anilines is 1. The first-order valence-electron chi connectivity index (χ1n) is 8.24. The topological polar surface area (TPSA) is 92.8 Å². The molecule has 7 nitrogen and oxygen atoms in total. The fourth-order valence-corrected chi connectivity index (χ4v) is 3.09. The Bertz CT molecular complexity index is 997. The van der Waals surface area contributed by atoms with Crippen molar-refractivity contribution in [3.63, 3.8) is 0 Å². The van der Waals surface area contributed by atoms with Crippen LogP contribution in [0, 0.1) is 11.3 Å². The average molecular weight is 414 g/mol. The van der Waals surface area contributed by atoms with E-state index in [1.807, 2.05) is 13.1 Å². The van der Waals surface area contributed by atoms with Crippen LogP contribution in [0.15, 0.2) is 53.7 Å². The highest BCUT2D eigenvalue weighted by atomic mass is 35.5. The predicted octanol–water partition coefficient (Wildman–Crippen LogP) is 3.65. The second-order valence-corrected chi connectivity index (χ2v) is 7.11. The first-order valence-corrected chi connectivity index (χ1v) is 9.61. The summed E-state index contributed by atoms with van der Waals surface area (Å²) < 4.78 is 7.46. The van der Waals surface area contributed by atoms with E-state index in [4.69, 9.17) is 21.6 Å². The SMILES string of the molecule is Cn1c(COc2ccc(Cl)cc2)nnc1SCC(=O)Nc1ccc(C#N)cc1. The maximum absolute atomic E-state index is 12.1. The zero-order valence-electron chi connectivity index (χ0n) is 14.9. The molecule has 1 aromatic heterocycles. The zero-order valence-corrected chi connectivity index (χ0v) is 16.5. The Morgan fingerprint density at radius 2 is 1.93 bits per heavy atom. The standard InChI is InChI=1S/C19H16ClN5O2S/c1-25-17(11-27-16-8-4-14(20)5-9-16)23-24-19(25)28-12-18(26)22-15-6-2-13(10-21)3-7-15/h2-9H,11-12H2,1H3,(H,22,26). The lowest BCUT2D eigenvalue weighted by molar-refractivity contribution is -0.113. The van der Waals surface area contributed by atoms with Gasteiger partial charge in [-0.25, -0.2) is 0 Å². The number of aromatic nitrogens is 3. The molecule has 1 N–H and O–H groups in total. The Hall–Kier alpha value is -3.02. The van der Waals surface area contributed by atoms with Crippen molar-refractivity contribution in [3.8, 4) is 11.8 Å². The minimum Gasteiger partial charge on any atom is -0.486 e. The van der Waals surface area contributed by atoms with Gasteiger partial charge in [0, 0.05) is 17.8 Å². The van der Waals surface area contributed by atoms with Crippen LogP contribution < -0.4 is 10.1 Å². The molecule has 0 bridgehead atoms. The quantitative estimate of drug-likeness (QED) is 0.594. The van der Waals surface area contributed by atoms with Gasteiger partial charge in [0.15, 0.2) is 11.0 Å². The molecule has 0 spiro atoms. The number of nitrogens with one attached hydrogen (secondary N) is 1. The minimum atomic E-state index is -0.170. The van der Waals surface area contributed by atoms with Crippen LogP contribution in [0.4, 0.5) is 5.69 Å². The van der Waals surface area contributed by atoms with E-state index in [9.17, 15) is 4.79 Å². The summed E-state index contributed by atoms with van der Waals surface area (Å²) >= 11 is 7.13. The van der Waals surface area contributed by atoms with Gasteiger partial charge in [-0.15, -0.1) is 10.2 Å². The lowest BCUT2D eigenvalue weighted by Gasteiger charge is -2.07. The number of hydrogen-bond donors (Lipinski definition) is 1. The molecular weight excluding hydrogens is 398 g/mol. The second-order valence-electron chi connectivity index (χ2n) is 5.73. The van der Waals surface area contributed by atoms with E-state index in [1.165, 1.54) is 11.8 Å². The summed E-state index contributed by atoms with van der Waals surface area (Å²) in [5, 5.41) is 21.0. The molecule has 3 aromatic rings. The summed E-state index contributed by atoms with van der Waals surface area (Å²) in [6.07, 6.45) is 0. The van der Waals surface area contributed by atoms with Crippen molar-refractivity contribution >= 4 is 35.0 Å². The zero-order chi connectivity index (χ0) is 19.9. The molecule has 9 heteroatoms. The maximum Gasteiger partial charge on any atom is 0.234 e. The maximum atomic E-state index is 12.1. The monoisotopic (exact) mass is 413 g/mol. The third-order valence-corrected chi connectivity index (χ3v) is 5.01. The van der Waals surface area contributed by atoms with Crippen LogP contribution in [0.3, 0.4) is 0 Å². The third-order valence-electron chi connectivity index (χ3n) is 3.74.